The number of hydrogen-bond acceptors (Lipinski definition) is 8. The molecule has 0 radical (unpaired) electrons. The molecule has 0 saturated carbocycles. The minimum atomic E-state index is -0.463. The Labute approximate surface area is 162 Å². The van der Waals surface area contributed by atoms with Gasteiger partial charge in [0.25, 0.3) is 5.69 Å². The van der Waals surface area contributed by atoms with Crippen LogP contribution in [-0.4, -0.2) is 42.8 Å². The lowest BCUT2D eigenvalue weighted by Crippen LogP contribution is -2.28. The lowest BCUT2D eigenvalue weighted by atomic mass is 10.2. The first-order valence-corrected chi connectivity index (χ1v) is 9.89. The van der Waals surface area contributed by atoms with E-state index in [1.807, 2.05) is 17.5 Å². The molecule has 3 heterocycles. The number of rotatable bonds is 6. The average molecular weight is 402 g/mol. The van der Waals surface area contributed by atoms with Gasteiger partial charge in [-0.25, -0.2) is 4.68 Å². The van der Waals surface area contributed by atoms with Crippen LogP contribution in [0, 0.1) is 10.1 Å². The van der Waals surface area contributed by atoms with E-state index < -0.39 is 4.92 Å². The summed E-state index contributed by atoms with van der Waals surface area (Å²) in [5.74, 6) is -0.0915. The van der Waals surface area contributed by atoms with E-state index in [-0.39, 0.29) is 16.8 Å². The summed E-state index contributed by atoms with van der Waals surface area (Å²) in [4.78, 5) is 26.0. The molecule has 3 aromatic rings. The van der Waals surface area contributed by atoms with Crippen molar-refractivity contribution < 1.29 is 9.72 Å². The highest BCUT2D eigenvalue weighted by atomic mass is 32.2. The van der Waals surface area contributed by atoms with Crippen molar-refractivity contribution in [3.8, 4) is 0 Å². The number of aromatic nitrogens is 4. The van der Waals surface area contributed by atoms with Crippen molar-refractivity contribution >= 4 is 40.4 Å². The highest BCUT2D eigenvalue weighted by Gasteiger charge is 2.35. The maximum atomic E-state index is 12.8. The fraction of sp³-hybridized carbons (Fsp3) is 0.250. The van der Waals surface area contributed by atoms with Crippen LogP contribution < -0.4 is 4.90 Å². The Morgan fingerprint density at radius 2 is 2.22 bits per heavy atom. The average Bonchev–Trinajstić information content (AvgIpc) is 3.40. The molecule has 0 N–H and O–H groups in total. The fourth-order valence-electron chi connectivity index (χ4n) is 2.85. The summed E-state index contributed by atoms with van der Waals surface area (Å²) in [5, 5.41) is 25.0. The number of anilines is 1. The smallest absolute Gasteiger partial charge is 0.271 e. The van der Waals surface area contributed by atoms with Gasteiger partial charge >= 0.3 is 0 Å². The Bertz CT molecular complexity index is 974. The molecular weight excluding hydrogens is 388 g/mol. The summed E-state index contributed by atoms with van der Waals surface area (Å²) >= 11 is 2.95. The molecule has 4 rings (SSSR count). The van der Waals surface area contributed by atoms with Gasteiger partial charge in [-0.1, -0.05) is 23.9 Å². The Morgan fingerprint density at radius 1 is 1.33 bits per heavy atom. The summed E-state index contributed by atoms with van der Waals surface area (Å²) in [6, 6.07) is 10.1. The van der Waals surface area contributed by atoms with Crippen LogP contribution in [0.15, 0.2) is 46.9 Å². The molecule has 0 aliphatic carbocycles. The maximum absolute atomic E-state index is 12.8. The van der Waals surface area contributed by atoms with E-state index in [4.69, 9.17) is 0 Å². The number of amides is 1. The molecule has 1 unspecified atom stereocenters. The van der Waals surface area contributed by atoms with Gasteiger partial charge in [-0.15, -0.1) is 16.4 Å². The lowest BCUT2D eigenvalue weighted by molar-refractivity contribution is -0.384. The second kappa shape index (κ2) is 7.45. The molecule has 0 spiro atoms. The number of thioether (sulfide) groups is 1. The van der Waals surface area contributed by atoms with E-state index in [0.717, 1.165) is 4.88 Å². The molecule has 1 amide bonds. The Hall–Kier alpha value is -2.79. The molecule has 1 aromatic carbocycles. The molecule has 9 nitrogen and oxygen atoms in total. The molecular formula is C16H14N6O3S2. The van der Waals surface area contributed by atoms with Crippen LogP contribution >= 0.6 is 23.1 Å². The molecule has 2 aromatic heterocycles. The van der Waals surface area contributed by atoms with E-state index in [9.17, 15) is 14.9 Å². The Balaban J connectivity index is 1.48. The van der Waals surface area contributed by atoms with Crippen LogP contribution in [0.5, 0.6) is 0 Å². The SMILES string of the molecule is O=C1C(Sc2nnnn2Cc2cccs2)CCN1c1cccc([N+](=O)[O-])c1. The number of non-ortho nitro benzene ring substituents is 1. The molecule has 1 fully saturated rings. The van der Waals surface area contributed by atoms with Crippen molar-refractivity contribution in [2.24, 2.45) is 0 Å². The molecule has 1 atom stereocenters. The van der Waals surface area contributed by atoms with Crippen molar-refractivity contribution in [2.45, 2.75) is 23.4 Å². The Morgan fingerprint density at radius 3 is 3.00 bits per heavy atom. The predicted octanol–water partition coefficient (Wildman–Crippen LogP) is 2.59. The molecule has 138 valence electrons. The van der Waals surface area contributed by atoms with Crippen molar-refractivity contribution in [3.05, 3.63) is 56.8 Å². The van der Waals surface area contributed by atoms with Gasteiger partial charge in [-0.05, 0) is 34.4 Å². The quantitative estimate of drug-likeness (QED) is 0.461. The number of carbonyl (C=O) groups is 1. The van der Waals surface area contributed by atoms with Gasteiger partial charge in [-0.3, -0.25) is 14.9 Å². The molecule has 1 aliphatic heterocycles. The van der Waals surface area contributed by atoms with Crippen LogP contribution in [0.1, 0.15) is 11.3 Å². The van der Waals surface area contributed by atoms with Gasteiger partial charge < -0.3 is 4.90 Å². The zero-order valence-corrected chi connectivity index (χ0v) is 15.6. The third-order valence-electron chi connectivity index (χ3n) is 4.14. The zero-order chi connectivity index (χ0) is 18.8. The minimum absolute atomic E-state index is 0.0312. The summed E-state index contributed by atoms with van der Waals surface area (Å²) in [6.45, 7) is 1.06. The van der Waals surface area contributed by atoms with E-state index >= 15 is 0 Å². The molecule has 1 saturated heterocycles. The summed E-state index contributed by atoms with van der Waals surface area (Å²) < 4.78 is 1.68. The van der Waals surface area contributed by atoms with Crippen molar-refractivity contribution in [3.63, 3.8) is 0 Å². The Kier molecular flexibility index (Phi) is 4.86. The van der Waals surface area contributed by atoms with Crippen LogP contribution in [-0.2, 0) is 11.3 Å². The van der Waals surface area contributed by atoms with E-state index in [1.165, 1.54) is 23.9 Å². The number of thiophene rings is 1. The normalized spacial score (nSPS) is 16.8. The summed E-state index contributed by atoms with van der Waals surface area (Å²) in [7, 11) is 0. The topological polar surface area (TPSA) is 107 Å². The number of hydrogen-bond donors (Lipinski definition) is 0. The zero-order valence-electron chi connectivity index (χ0n) is 14.0. The van der Waals surface area contributed by atoms with E-state index in [0.29, 0.717) is 30.4 Å². The molecule has 11 heteroatoms. The molecule has 1 aliphatic rings. The van der Waals surface area contributed by atoms with Crippen LogP contribution in [0.4, 0.5) is 11.4 Å². The lowest BCUT2D eigenvalue weighted by Gasteiger charge is -2.16. The monoisotopic (exact) mass is 402 g/mol. The van der Waals surface area contributed by atoms with Gasteiger partial charge in [0.1, 0.15) is 0 Å². The first kappa shape index (κ1) is 17.6. The number of nitro benzene ring substituents is 1. The second-order valence-corrected chi connectivity index (χ2v) is 8.06. The first-order chi connectivity index (χ1) is 13.1. The second-order valence-electron chi connectivity index (χ2n) is 5.86. The molecule has 27 heavy (non-hydrogen) atoms. The van der Waals surface area contributed by atoms with Gasteiger partial charge in [-0.2, -0.15) is 0 Å². The van der Waals surface area contributed by atoms with Crippen LogP contribution in [0.25, 0.3) is 0 Å². The van der Waals surface area contributed by atoms with Crippen LogP contribution in [0.3, 0.4) is 0 Å². The molecule has 0 bridgehead atoms. The van der Waals surface area contributed by atoms with Crippen LogP contribution in [0.2, 0.25) is 0 Å². The highest BCUT2D eigenvalue weighted by molar-refractivity contribution is 8.00. The largest absolute Gasteiger partial charge is 0.311 e. The van der Waals surface area contributed by atoms with Gasteiger partial charge in [0.2, 0.25) is 11.1 Å². The standard InChI is InChI=1S/C16H14N6O3S2/c23-15-14(6-7-20(15)11-3-1-4-12(9-11)22(24)25)27-16-17-18-19-21(16)10-13-5-2-8-26-13/h1-5,8-9,14H,6-7,10H2. The minimum Gasteiger partial charge on any atom is -0.311 e. The third-order valence-corrected chi connectivity index (χ3v) is 6.23. The first-order valence-electron chi connectivity index (χ1n) is 8.13. The van der Waals surface area contributed by atoms with E-state index in [2.05, 4.69) is 15.5 Å². The van der Waals surface area contributed by atoms with Crippen molar-refractivity contribution in [1.82, 2.24) is 20.2 Å². The number of nitro groups is 1. The number of nitrogens with zero attached hydrogens (tertiary/aromatic N) is 6. The number of tetrazole rings is 1. The van der Waals surface area contributed by atoms with Crippen molar-refractivity contribution in [2.75, 3.05) is 11.4 Å². The van der Waals surface area contributed by atoms with Crippen molar-refractivity contribution in [1.29, 1.82) is 0 Å². The fourth-order valence-corrected chi connectivity index (χ4v) is 4.55. The van der Waals surface area contributed by atoms with E-state index in [1.54, 1.807) is 33.1 Å². The number of carbonyl (C=O) groups excluding carboxylic acids is 1. The summed E-state index contributed by atoms with van der Waals surface area (Å²) in [5.41, 5.74) is 0.506. The highest BCUT2D eigenvalue weighted by Crippen LogP contribution is 2.33. The number of benzene rings is 1. The van der Waals surface area contributed by atoms with Gasteiger partial charge in [0, 0.05) is 23.6 Å². The maximum Gasteiger partial charge on any atom is 0.271 e. The van der Waals surface area contributed by atoms with Gasteiger partial charge in [0.15, 0.2) is 0 Å². The third kappa shape index (κ3) is 3.69. The van der Waals surface area contributed by atoms with Gasteiger partial charge in [0.05, 0.1) is 22.4 Å². The predicted molar refractivity (Wildman–Crippen MR) is 101 cm³/mol. The summed E-state index contributed by atoms with van der Waals surface area (Å²) in [6.07, 6.45) is 0.623.